The summed E-state index contributed by atoms with van der Waals surface area (Å²) >= 11 is 0. The van der Waals surface area contributed by atoms with Gasteiger partial charge in [0.1, 0.15) is 0 Å². The van der Waals surface area contributed by atoms with E-state index in [9.17, 15) is 4.79 Å². The van der Waals surface area contributed by atoms with Crippen LogP contribution in [0.4, 0.5) is 0 Å². The fourth-order valence-corrected chi connectivity index (χ4v) is 0.640. The highest BCUT2D eigenvalue weighted by atomic mass is 16.5. The first kappa shape index (κ1) is 13.8. The fourth-order valence-electron chi connectivity index (χ4n) is 0.640. The van der Waals surface area contributed by atoms with Crippen LogP contribution in [0.5, 0.6) is 0 Å². The van der Waals surface area contributed by atoms with Crippen LogP contribution in [0.1, 0.15) is 33.1 Å². The average Bonchev–Trinajstić information content (AvgIpc) is 1.97. The summed E-state index contributed by atoms with van der Waals surface area (Å²) in [4.78, 5) is 10.8. The van der Waals surface area contributed by atoms with Gasteiger partial charge in [0.15, 0.2) is 0 Å². The van der Waals surface area contributed by atoms with Crippen molar-refractivity contribution in [2.24, 2.45) is 0 Å². The van der Waals surface area contributed by atoms with Gasteiger partial charge < -0.3 is 4.74 Å². The van der Waals surface area contributed by atoms with E-state index in [0.717, 1.165) is 19.3 Å². The number of ether oxygens (including phenoxy) is 1. The first-order valence-corrected chi connectivity index (χ1v) is 4.01. The largest absolute Gasteiger partial charge is 0.462 e. The molecule has 12 heavy (non-hydrogen) atoms. The zero-order valence-corrected chi connectivity index (χ0v) is 8.35. The van der Waals surface area contributed by atoms with Crippen LogP contribution in [0.15, 0.2) is 12.2 Å². The maximum atomic E-state index is 10.8. The highest BCUT2D eigenvalue weighted by Crippen LogP contribution is 1.97. The second-order valence-electron chi connectivity index (χ2n) is 2.62. The van der Waals surface area contributed by atoms with Gasteiger partial charge in [-0.25, -0.2) is 4.79 Å². The summed E-state index contributed by atoms with van der Waals surface area (Å²) in [6.07, 6.45) is 3.21. The van der Waals surface area contributed by atoms with Gasteiger partial charge in [-0.3, -0.25) is 0 Å². The smallest absolute Gasteiger partial charge is 0.333 e. The monoisotopic (exact) mass is 171 g/mol. The maximum Gasteiger partial charge on any atom is 0.333 e. The summed E-state index contributed by atoms with van der Waals surface area (Å²) in [7, 11) is 0. The van der Waals surface area contributed by atoms with E-state index in [-0.39, 0.29) is 13.4 Å². The van der Waals surface area contributed by atoms with Crippen molar-refractivity contribution < 1.29 is 9.53 Å². The van der Waals surface area contributed by atoms with Gasteiger partial charge >= 0.3 is 5.97 Å². The molecule has 0 aliphatic carbocycles. The molecular formula is C10H19O2. The third kappa shape index (κ3) is 7.32. The Kier molecular flexibility index (Phi) is 9.54. The van der Waals surface area contributed by atoms with Crippen molar-refractivity contribution in [2.75, 3.05) is 6.61 Å². The fraction of sp³-hybridized carbons (Fsp3) is 0.600. The minimum atomic E-state index is -0.277. The second kappa shape index (κ2) is 8.31. The molecule has 0 amide bonds. The highest BCUT2D eigenvalue weighted by Gasteiger charge is 2.00. The molecule has 0 aliphatic rings. The van der Waals surface area contributed by atoms with E-state index in [2.05, 4.69) is 13.5 Å². The van der Waals surface area contributed by atoms with E-state index in [0.29, 0.717) is 12.2 Å². The topological polar surface area (TPSA) is 26.3 Å². The molecule has 0 saturated carbocycles. The summed E-state index contributed by atoms with van der Waals surface area (Å²) in [5.74, 6) is -0.277. The lowest BCUT2D eigenvalue weighted by molar-refractivity contribution is -0.139. The number of carbonyl (C=O) groups is 1. The standard InChI is InChI=1S/C9H16O2.CH3/c1-4-5-6-7-11-9(10)8(2)3;/h2,4-7H2,1,3H3;1H3. The van der Waals surface area contributed by atoms with Crippen LogP contribution in [0, 0.1) is 7.43 Å². The van der Waals surface area contributed by atoms with Crippen LogP contribution in [-0.2, 0) is 9.53 Å². The number of carbonyl (C=O) groups excluding carboxylic acids is 1. The summed E-state index contributed by atoms with van der Waals surface area (Å²) in [6.45, 7) is 7.77. The summed E-state index contributed by atoms with van der Waals surface area (Å²) in [5.41, 5.74) is 0.474. The lowest BCUT2D eigenvalue weighted by atomic mass is 10.3. The molecule has 2 heteroatoms. The number of hydrogen-bond acceptors (Lipinski definition) is 2. The molecule has 0 aliphatic heterocycles. The Morgan fingerprint density at radius 2 is 2.00 bits per heavy atom. The first-order chi connectivity index (χ1) is 5.18. The predicted molar refractivity (Wildman–Crippen MR) is 51.7 cm³/mol. The van der Waals surface area contributed by atoms with E-state index in [1.54, 1.807) is 6.92 Å². The van der Waals surface area contributed by atoms with E-state index >= 15 is 0 Å². The molecule has 71 valence electrons. The van der Waals surface area contributed by atoms with Crippen LogP contribution in [0.25, 0.3) is 0 Å². The minimum Gasteiger partial charge on any atom is -0.462 e. The van der Waals surface area contributed by atoms with Gasteiger partial charge in [0, 0.05) is 5.57 Å². The third-order valence-electron chi connectivity index (χ3n) is 1.33. The van der Waals surface area contributed by atoms with Crippen molar-refractivity contribution in [1.29, 1.82) is 0 Å². The number of unbranched alkanes of at least 4 members (excludes halogenated alkanes) is 2. The molecule has 0 N–H and O–H groups in total. The Balaban J connectivity index is 0. The van der Waals surface area contributed by atoms with Gasteiger partial charge in [-0.1, -0.05) is 33.8 Å². The molecule has 0 spiro atoms. The molecule has 0 saturated heterocycles. The molecule has 0 rings (SSSR count). The van der Waals surface area contributed by atoms with Crippen molar-refractivity contribution in [1.82, 2.24) is 0 Å². The van der Waals surface area contributed by atoms with Gasteiger partial charge in [0.2, 0.25) is 0 Å². The van der Waals surface area contributed by atoms with Gasteiger partial charge in [0.25, 0.3) is 0 Å². The van der Waals surface area contributed by atoms with Crippen LogP contribution in [0.3, 0.4) is 0 Å². The molecule has 0 aromatic carbocycles. The molecule has 0 fully saturated rings. The maximum absolute atomic E-state index is 10.8. The summed E-state index contributed by atoms with van der Waals surface area (Å²) < 4.78 is 4.87. The quantitative estimate of drug-likeness (QED) is 0.361. The van der Waals surface area contributed by atoms with Crippen molar-refractivity contribution in [3.8, 4) is 0 Å². The zero-order chi connectivity index (χ0) is 8.69. The molecule has 0 heterocycles. The molecule has 1 radical (unpaired) electrons. The Hall–Kier alpha value is -0.790. The molecule has 0 aromatic rings. The number of esters is 1. The Morgan fingerprint density at radius 3 is 2.42 bits per heavy atom. The first-order valence-electron chi connectivity index (χ1n) is 4.01. The summed E-state index contributed by atoms with van der Waals surface area (Å²) in [6, 6.07) is 0. The molecule has 0 atom stereocenters. The lowest BCUT2D eigenvalue weighted by Crippen LogP contribution is -2.05. The van der Waals surface area contributed by atoms with Crippen molar-refractivity contribution >= 4 is 5.97 Å². The Labute approximate surface area is 75.6 Å². The van der Waals surface area contributed by atoms with E-state index < -0.39 is 0 Å². The Morgan fingerprint density at radius 1 is 1.42 bits per heavy atom. The van der Waals surface area contributed by atoms with Crippen LogP contribution >= 0.6 is 0 Å². The molecule has 0 aromatic heterocycles. The molecule has 0 unspecified atom stereocenters. The van der Waals surface area contributed by atoms with Crippen LogP contribution < -0.4 is 0 Å². The minimum absolute atomic E-state index is 0. The van der Waals surface area contributed by atoms with Gasteiger partial charge in [0.05, 0.1) is 6.61 Å². The number of hydrogen-bond donors (Lipinski definition) is 0. The van der Waals surface area contributed by atoms with Gasteiger partial charge in [-0.2, -0.15) is 0 Å². The molecular weight excluding hydrogens is 152 g/mol. The molecule has 2 nitrogen and oxygen atoms in total. The highest BCUT2D eigenvalue weighted by molar-refractivity contribution is 5.86. The van der Waals surface area contributed by atoms with Crippen LogP contribution in [0.2, 0.25) is 0 Å². The lowest BCUT2D eigenvalue weighted by Gasteiger charge is -2.02. The number of rotatable bonds is 5. The van der Waals surface area contributed by atoms with E-state index in [1.807, 2.05) is 0 Å². The Bertz CT molecular complexity index is 139. The summed E-state index contributed by atoms with van der Waals surface area (Å²) in [5, 5.41) is 0. The SMILES string of the molecule is C=C(C)C(=O)OCCCCC.[CH3]. The van der Waals surface area contributed by atoms with E-state index in [1.165, 1.54) is 0 Å². The average molecular weight is 171 g/mol. The third-order valence-corrected chi connectivity index (χ3v) is 1.33. The van der Waals surface area contributed by atoms with Crippen LogP contribution in [-0.4, -0.2) is 12.6 Å². The molecule has 0 bridgehead atoms. The predicted octanol–water partition coefficient (Wildman–Crippen LogP) is 2.75. The zero-order valence-electron chi connectivity index (χ0n) is 8.35. The van der Waals surface area contributed by atoms with Crippen molar-refractivity contribution in [2.45, 2.75) is 33.1 Å². The van der Waals surface area contributed by atoms with Crippen molar-refractivity contribution in [3.05, 3.63) is 19.6 Å². The van der Waals surface area contributed by atoms with Crippen molar-refractivity contribution in [3.63, 3.8) is 0 Å². The van der Waals surface area contributed by atoms with E-state index in [4.69, 9.17) is 4.74 Å². The van der Waals surface area contributed by atoms with Gasteiger partial charge in [-0.15, -0.1) is 0 Å². The second-order valence-corrected chi connectivity index (χ2v) is 2.62. The normalized spacial score (nSPS) is 8.50. The van der Waals surface area contributed by atoms with Gasteiger partial charge in [-0.05, 0) is 13.3 Å².